The molecule has 1 aromatic heterocycles. The van der Waals surface area contributed by atoms with Gasteiger partial charge in [-0.3, -0.25) is 9.59 Å². The molecule has 5 nitrogen and oxygen atoms in total. The number of pyridine rings is 1. The minimum absolute atomic E-state index is 0.119. The second-order valence-corrected chi connectivity index (χ2v) is 6.19. The summed E-state index contributed by atoms with van der Waals surface area (Å²) in [6, 6.07) is 11.8. The van der Waals surface area contributed by atoms with E-state index >= 15 is 0 Å². The van der Waals surface area contributed by atoms with Crippen LogP contribution in [0, 0.1) is 0 Å². The smallest absolute Gasteiger partial charge is 0.259 e. The topological polar surface area (TPSA) is 60.3 Å². The largest absolute Gasteiger partial charge is 0.497 e. The number of halogens is 2. The van der Waals surface area contributed by atoms with Gasteiger partial charge in [-0.05, 0) is 41.8 Å². The minimum Gasteiger partial charge on any atom is -0.497 e. The summed E-state index contributed by atoms with van der Waals surface area (Å²) < 4.78 is 6.49. The van der Waals surface area contributed by atoms with Gasteiger partial charge in [0, 0.05) is 11.9 Å². The van der Waals surface area contributed by atoms with Crippen molar-refractivity contribution in [2.24, 2.45) is 0 Å². The number of rotatable bonds is 4. The highest BCUT2D eigenvalue weighted by molar-refractivity contribution is 6.42. The first kappa shape index (κ1) is 17.3. The van der Waals surface area contributed by atoms with Gasteiger partial charge in [0.25, 0.3) is 5.56 Å². The van der Waals surface area contributed by atoms with Crippen LogP contribution in [0.1, 0.15) is 0 Å². The second kappa shape index (κ2) is 7.17. The number of ether oxygens (including phenoxy) is 1. The summed E-state index contributed by atoms with van der Waals surface area (Å²) in [5.74, 6) is 0.241. The van der Waals surface area contributed by atoms with Crippen LogP contribution in [0.4, 0.5) is 5.69 Å². The Hall–Kier alpha value is -2.50. The Morgan fingerprint density at radius 2 is 1.92 bits per heavy atom. The number of fused-ring (bicyclic) bond motifs is 1. The first-order chi connectivity index (χ1) is 12.0. The molecule has 0 aliphatic heterocycles. The lowest BCUT2D eigenvalue weighted by molar-refractivity contribution is -0.116. The van der Waals surface area contributed by atoms with E-state index in [2.05, 4.69) is 5.32 Å². The van der Waals surface area contributed by atoms with Gasteiger partial charge in [-0.15, -0.1) is 0 Å². The maximum atomic E-state index is 12.6. The molecule has 1 amide bonds. The molecule has 0 atom stereocenters. The number of hydrogen-bond donors (Lipinski definition) is 1. The summed E-state index contributed by atoms with van der Waals surface area (Å²) in [6.45, 7) is -0.119. The van der Waals surface area contributed by atoms with E-state index in [9.17, 15) is 9.59 Å². The van der Waals surface area contributed by atoms with Crippen molar-refractivity contribution in [1.29, 1.82) is 0 Å². The summed E-state index contributed by atoms with van der Waals surface area (Å²) in [5.41, 5.74) is 0.246. The molecule has 0 unspecified atom stereocenters. The van der Waals surface area contributed by atoms with Gasteiger partial charge >= 0.3 is 0 Å². The summed E-state index contributed by atoms with van der Waals surface area (Å²) >= 11 is 11.8. The van der Waals surface area contributed by atoms with Crippen LogP contribution in [-0.4, -0.2) is 17.6 Å². The molecule has 0 saturated carbocycles. The molecule has 3 rings (SSSR count). The fourth-order valence-corrected chi connectivity index (χ4v) is 2.74. The van der Waals surface area contributed by atoms with Crippen LogP contribution in [0.2, 0.25) is 10.0 Å². The average molecular weight is 377 g/mol. The third-order valence-corrected chi connectivity index (χ3v) is 4.44. The van der Waals surface area contributed by atoms with E-state index in [1.54, 1.807) is 48.7 Å². The number of nitrogens with one attached hydrogen (secondary N) is 1. The van der Waals surface area contributed by atoms with E-state index in [1.165, 1.54) is 11.7 Å². The molecule has 25 heavy (non-hydrogen) atoms. The number of hydrogen-bond acceptors (Lipinski definition) is 3. The maximum Gasteiger partial charge on any atom is 0.259 e. The predicted molar refractivity (Wildman–Crippen MR) is 99.9 cm³/mol. The maximum absolute atomic E-state index is 12.6. The van der Waals surface area contributed by atoms with Crippen molar-refractivity contribution in [3.63, 3.8) is 0 Å². The molecular formula is C18H14Cl2N2O3. The van der Waals surface area contributed by atoms with E-state index in [0.717, 1.165) is 5.39 Å². The van der Waals surface area contributed by atoms with Crippen LogP contribution in [0.25, 0.3) is 10.8 Å². The first-order valence-electron chi connectivity index (χ1n) is 7.40. The van der Waals surface area contributed by atoms with Gasteiger partial charge in [-0.25, -0.2) is 0 Å². The van der Waals surface area contributed by atoms with Crippen molar-refractivity contribution < 1.29 is 9.53 Å². The van der Waals surface area contributed by atoms with Crippen LogP contribution in [0.15, 0.2) is 53.5 Å². The molecule has 1 heterocycles. The van der Waals surface area contributed by atoms with Crippen molar-refractivity contribution in [3.8, 4) is 5.75 Å². The highest BCUT2D eigenvalue weighted by Gasteiger charge is 2.09. The van der Waals surface area contributed by atoms with Gasteiger partial charge < -0.3 is 14.6 Å². The third-order valence-electron chi connectivity index (χ3n) is 3.70. The van der Waals surface area contributed by atoms with Crippen molar-refractivity contribution in [1.82, 2.24) is 4.57 Å². The van der Waals surface area contributed by atoms with Crippen LogP contribution in [0.3, 0.4) is 0 Å². The van der Waals surface area contributed by atoms with E-state index in [1.807, 2.05) is 0 Å². The molecule has 128 valence electrons. The van der Waals surface area contributed by atoms with Crippen molar-refractivity contribution in [3.05, 3.63) is 69.1 Å². The van der Waals surface area contributed by atoms with E-state index in [0.29, 0.717) is 26.9 Å². The predicted octanol–water partition coefficient (Wildman–Crippen LogP) is 3.96. The molecule has 0 spiro atoms. The Labute approximate surface area is 153 Å². The molecule has 7 heteroatoms. The normalized spacial score (nSPS) is 10.7. The zero-order valence-electron chi connectivity index (χ0n) is 13.3. The van der Waals surface area contributed by atoms with Gasteiger partial charge in [0.2, 0.25) is 5.91 Å². The Morgan fingerprint density at radius 1 is 1.12 bits per heavy atom. The molecule has 0 radical (unpaired) electrons. The quantitative estimate of drug-likeness (QED) is 0.749. The van der Waals surface area contributed by atoms with Crippen molar-refractivity contribution in [2.45, 2.75) is 6.54 Å². The summed E-state index contributed by atoms with van der Waals surface area (Å²) in [7, 11) is 1.54. The Bertz CT molecular complexity index is 1010. The molecule has 2 aromatic carbocycles. The first-order valence-corrected chi connectivity index (χ1v) is 8.15. The number of nitrogens with zero attached hydrogens (tertiary/aromatic N) is 1. The fraction of sp³-hybridized carbons (Fsp3) is 0.111. The summed E-state index contributed by atoms with van der Waals surface area (Å²) in [6.07, 6.45) is 1.59. The van der Waals surface area contributed by atoms with E-state index in [-0.39, 0.29) is 18.0 Å². The lowest BCUT2D eigenvalue weighted by atomic mass is 10.1. The molecular weight excluding hydrogens is 363 g/mol. The van der Waals surface area contributed by atoms with Gasteiger partial charge in [-0.2, -0.15) is 0 Å². The number of carbonyl (C=O) groups excluding carboxylic acids is 1. The molecule has 0 aliphatic rings. The number of benzene rings is 2. The van der Waals surface area contributed by atoms with Crippen molar-refractivity contribution >= 4 is 45.6 Å². The second-order valence-electron chi connectivity index (χ2n) is 5.38. The molecule has 3 aromatic rings. The zero-order chi connectivity index (χ0) is 18.0. The number of carbonyl (C=O) groups is 1. The van der Waals surface area contributed by atoms with Gasteiger partial charge in [-0.1, -0.05) is 29.3 Å². The lowest BCUT2D eigenvalue weighted by Crippen LogP contribution is -2.27. The molecule has 0 aliphatic carbocycles. The van der Waals surface area contributed by atoms with Crippen LogP contribution in [0.5, 0.6) is 5.75 Å². The molecule has 0 saturated heterocycles. The fourth-order valence-electron chi connectivity index (χ4n) is 2.44. The van der Waals surface area contributed by atoms with E-state index in [4.69, 9.17) is 27.9 Å². The highest BCUT2D eigenvalue weighted by Crippen LogP contribution is 2.25. The lowest BCUT2D eigenvalue weighted by Gasteiger charge is -2.09. The number of methoxy groups -OCH3 is 1. The van der Waals surface area contributed by atoms with Crippen LogP contribution >= 0.6 is 23.2 Å². The number of aromatic nitrogens is 1. The highest BCUT2D eigenvalue weighted by atomic mass is 35.5. The van der Waals surface area contributed by atoms with Gasteiger partial charge in [0.1, 0.15) is 12.3 Å². The SMILES string of the molecule is COc1ccc2ccn(CC(=O)Nc3ccc(Cl)c(Cl)c3)c(=O)c2c1. The molecule has 1 N–H and O–H groups in total. The number of amides is 1. The minimum atomic E-state index is -0.345. The number of anilines is 1. The Morgan fingerprint density at radius 3 is 2.64 bits per heavy atom. The van der Waals surface area contributed by atoms with Crippen molar-refractivity contribution in [2.75, 3.05) is 12.4 Å². The molecule has 0 fully saturated rings. The van der Waals surface area contributed by atoms with Gasteiger partial charge in [0.15, 0.2) is 0 Å². The average Bonchev–Trinajstić information content (AvgIpc) is 2.60. The van der Waals surface area contributed by atoms with Crippen LogP contribution < -0.4 is 15.6 Å². The van der Waals surface area contributed by atoms with Gasteiger partial charge in [0.05, 0.1) is 22.5 Å². The molecule has 0 bridgehead atoms. The standard InChI is InChI=1S/C18H14Cl2N2O3/c1-25-13-4-2-11-6-7-22(18(24)14(11)9-13)10-17(23)21-12-3-5-15(19)16(20)8-12/h2-9H,10H2,1H3,(H,21,23). The third kappa shape index (κ3) is 3.78. The monoisotopic (exact) mass is 376 g/mol. The zero-order valence-corrected chi connectivity index (χ0v) is 14.8. The Balaban J connectivity index is 1.84. The Kier molecular flexibility index (Phi) is 4.97. The summed E-state index contributed by atoms with van der Waals surface area (Å²) in [4.78, 5) is 24.8. The van der Waals surface area contributed by atoms with Crippen LogP contribution in [-0.2, 0) is 11.3 Å². The summed E-state index contributed by atoms with van der Waals surface area (Å²) in [5, 5.41) is 4.71. The van der Waals surface area contributed by atoms with E-state index < -0.39 is 0 Å².